The molecule has 0 N–H and O–H groups in total. The summed E-state index contributed by atoms with van der Waals surface area (Å²) in [7, 11) is 0. The van der Waals surface area contributed by atoms with Crippen molar-refractivity contribution in [2.24, 2.45) is 0 Å². The molecule has 2 atom stereocenters. The highest BCUT2D eigenvalue weighted by Crippen LogP contribution is 2.34. The van der Waals surface area contributed by atoms with Crippen molar-refractivity contribution in [1.82, 2.24) is 9.36 Å². The van der Waals surface area contributed by atoms with Crippen molar-refractivity contribution in [3.63, 3.8) is 0 Å². The molecular formula is C8H11BrN2OS. The summed E-state index contributed by atoms with van der Waals surface area (Å²) >= 11 is 4.75. The molecule has 5 heteroatoms. The summed E-state index contributed by atoms with van der Waals surface area (Å²) in [4.78, 5) is 4.33. The summed E-state index contributed by atoms with van der Waals surface area (Å²) in [6, 6.07) is 0. The zero-order chi connectivity index (χ0) is 9.26. The molecule has 2 unspecified atom stereocenters. The Morgan fingerprint density at radius 2 is 2.54 bits per heavy atom. The molecule has 1 fully saturated rings. The Hall–Kier alpha value is -0.0000000000000000278. The van der Waals surface area contributed by atoms with Gasteiger partial charge in [-0.2, -0.15) is 4.37 Å². The van der Waals surface area contributed by atoms with Crippen LogP contribution in [0.5, 0.6) is 0 Å². The Kier molecular flexibility index (Phi) is 2.96. The van der Waals surface area contributed by atoms with E-state index < -0.39 is 0 Å². The van der Waals surface area contributed by atoms with Gasteiger partial charge in [-0.05, 0) is 40.3 Å². The third kappa shape index (κ3) is 1.92. The molecule has 1 aliphatic rings. The minimum atomic E-state index is 0.347. The Balaban J connectivity index is 2.15. The zero-order valence-electron chi connectivity index (χ0n) is 7.36. The summed E-state index contributed by atoms with van der Waals surface area (Å²) < 4.78 is 10.4. The third-order valence-corrected chi connectivity index (χ3v) is 3.78. The van der Waals surface area contributed by atoms with Crippen LogP contribution in [0, 0.1) is 0 Å². The van der Waals surface area contributed by atoms with Crippen LogP contribution < -0.4 is 0 Å². The lowest BCUT2D eigenvalue weighted by Crippen LogP contribution is -2.12. The number of aromatic nitrogens is 2. The first-order chi connectivity index (χ1) is 6.31. The maximum Gasteiger partial charge on any atom is 0.209 e. The summed E-state index contributed by atoms with van der Waals surface area (Å²) in [5, 5.41) is 1.11. The lowest BCUT2D eigenvalue weighted by atomic mass is 10.0. The van der Waals surface area contributed by atoms with Crippen LogP contribution in [0.1, 0.15) is 30.7 Å². The fourth-order valence-corrected chi connectivity index (χ4v) is 2.97. The maximum atomic E-state index is 5.60. The number of ether oxygens (including phenoxy) is 1. The van der Waals surface area contributed by atoms with Gasteiger partial charge in [0.25, 0.3) is 0 Å². The molecule has 13 heavy (non-hydrogen) atoms. The number of halogens is 1. The number of rotatable bonds is 2. The van der Waals surface area contributed by atoms with Crippen molar-refractivity contribution in [3.8, 4) is 0 Å². The van der Waals surface area contributed by atoms with Crippen LogP contribution in [-0.4, -0.2) is 22.1 Å². The van der Waals surface area contributed by atoms with Crippen LogP contribution in [0.3, 0.4) is 0 Å². The molecule has 0 amide bonds. The van der Waals surface area contributed by atoms with E-state index in [0.717, 1.165) is 24.5 Å². The number of hydrogen-bond acceptors (Lipinski definition) is 4. The minimum absolute atomic E-state index is 0.347. The van der Waals surface area contributed by atoms with Crippen molar-refractivity contribution >= 4 is 27.5 Å². The van der Waals surface area contributed by atoms with E-state index in [1.165, 1.54) is 11.5 Å². The number of nitrogens with zero attached hydrogens (tertiary/aromatic N) is 2. The molecule has 2 rings (SSSR count). The Bertz CT molecular complexity index is 291. The second-order valence-corrected chi connectivity index (χ2v) is 4.61. The average molecular weight is 263 g/mol. The smallest absolute Gasteiger partial charge is 0.209 e. The molecular weight excluding hydrogens is 252 g/mol. The first-order valence-electron chi connectivity index (χ1n) is 4.42. The Labute approximate surface area is 89.8 Å². The summed E-state index contributed by atoms with van der Waals surface area (Å²) in [5.74, 6) is 0.466. The average Bonchev–Trinajstić information content (AvgIpc) is 2.71. The normalized spacial score (nSPS) is 28.2. The van der Waals surface area contributed by atoms with Crippen LogP contribution in [0.15, 0.2) is 4.73 Å². The predicted octanol–water partition coefficient (Wildman–Crippen LogP) is 2.58. The van der Waals surface area contributed by atoms with Gasteiger partial charge in [0, 0.05) is 12.5 Å². The summed E-state index contributed by atoms with van der Waals surface area (Å²) in [6.07, 6.45) is 2.49. The molecule has 0 radical (unpaired) electrons. The van der Waals surface area contributed by atoms with E-state index >= 15 is 0 Å². The van der Waals surface area contributed by atoms with Gasteiger partial charge in [-0.3, -0.25) is 0 Å². The van der Waals surface area contributed by atoms with Crippen LogP contribution >= 0.6 is 27.5 Å². The van der Waals surface area contributed by atoms with Crippen molar-refractivity contribution in [2.45, 2.75) is 31.8 Å². The van der Waals surface area contributed by atoms with E-state index in [4.69, 9.17) is 4.74 Å². The standard InChI is InChI=1S/C8H11BrN2OS/c1-2-6-5(3-4-12-6)7-10-8(9)11-13-7/h5-6H,2-4H2,1H3. The van der Waals surface area contributed by atoms with Gasteiger partial charge in [-0.1, -0.05) is 6.92 Å². The van der Waals surface area contributed by atoms with Gasteiger partial charge in [0.05, 0.1) is 6.10 Å². The molecule has 72 valence electrons. The van der Waals surface area contributed by atoms with Crippen molar-refractivity contribution in [1.29, 1.82) is 0 Å². The minimum Gasteiger partial charge on any atom is -0.377 e. The van der Waals surface area contributed by atoms with Crippen molar-refractivity contribution < 1.29 is 4.74 Å². The van der Waals surface area contributed by atoms with E-state index in [2.05, 4.69) is 32.2 Å². The fraction of sp³-hybridized carbons (Fsp3) is 0.750. The Morgan fingerprint density at radius 1 is 1.69 bits per heavy atom. The summed E-state index contributed by atoms with van der Waals surface area (Å²) in [5.41, 5.74) is 0. The highest BCUT2D eigenvalue weighted by atomic mass is 79.9. The third-order valence-electron chi connectivity index (χ3n) is 2.35. The predicted molar refractivity (Wildman–Crippen MR) is 55.0 cm³/mol. The van der Waals surface area contributed by atoms with Gasteiger partial charge in [0.2, 0.25) is 4.73 Å². The Morgan fingerprint density at radius 3 is 3.15 bits per heavy atom. The summed E-state index contributed by atoms with van der Waals surface area (Å²) in [6.45, 7) is 3.01. The molecule has 0 aromatic carbocycles. The topological polar surface area (TPSA) is 35.0 Å². The van der Waals surface area contributed by atoms with E-state index in [0.29, 0.717) is 16.8 Å². The molecule has 1 aromatic rings. The fourth-order valence-electron chi connectivity index (χ4n) is 1.70. The molecule has 1 saturated heterocycles. The van der Waals surface area contributed by atoms with Gasteiger partial charge in [-0.25, -0.2) is 4.98 Å². The maximum absolute atomic E-state index is 5.60. The lowest BCUT2D eigenvalue weighted by molar-refractivity contribution is 0.101. The van der Waals surface area contributed by atoms with Gasteiger partial charge in [0.15, 0.2) is 0 Å². The second kappa shape index (κ2) is 4.02. The molecule has 0 saturated carbocycles. The van der Waals surface area contributed by atoms with E-state index in [-0.39, 0.29) is 0 Å². The van der Waals surface area contributed by atoms with Crippen LogP contribution in [0.25, 0.3) is 0 Å². The SMILES string of the molecule is CCC1OCCC1c1nc(Br)ns1. The van der Waals surface area contributed by atoms with Gasteiger partial charge in [0.1, 0.15) is 5.01 Å². The number of hydrogen-bond donors (Lipinski definition) is 0. The quantitative estimate of drug-likeness (QED) is 0.822. The van der Waals surface area contributed by atoms with Gasteiger partial charge >= 0.3 is 0 Å². The van der Waals surface area contributed by atoms with E-state index in [1.807, 2.05) is 0 Å². The van der Waals surface area contributed by atoms with Gasteiger partial charge in [-0.15, -0.1) is 0 Å². The van der Waals surface area contributed by atoms with Gasteiger partial charge < -0.3 is 4.74 Å². The second-order valence-electron chi connectivity index (χ2n) is 3.11. The first kappa shape index (κ1) is 9.55. The largest absolute Gasteiger partial charge is 0.377 e. The van der Waals surface area contributed by atoms with Crippen LogP contribution in [0.2, 0.25) is 0 Å². The molecule has 1 aromatic heterocycles. The molecule has 0 bridgehead atoms. The molecule has 0 spiro atoms. The zero-order valence-corrected chi connectivity index (χ0v) is 9.77. The van der Waals surface area contributed by atoms with Crippen molar-refractivity contribution in [3.05, 3.63) is 9.74 Å². The lowest BCUT2D eigenvalue weighted by Gasteiger charge is -2.12. The van der Waals surface area contributed by atoms with Crippen LogP contribution in [0.4, 0.5) is 0 Å². The molecule has 0 aliphatic carbocycles. The van der Waals surface area contributed by atoms with Crippen LogP contribution in [-0.2, 0) is 4.74 Å². The molecule has 1 aliphatic heterocycles. The highest BCUT2D eigenvalue weighted by Gasteiger charge is 2.30. The van der Waals surface area contributed by atoms with E-state index in [9.17, 15) is 0 Å². The molecule has 2 heterocycles. The van der Waals surface area contributed by atoms with E-state index in [1.54, 1.807) is 0 Å². The highest BCUT2D eigenvalue weighted by molar-refractivity contribution is 9.10. The first-order valence-corrected chi connectivity index (χ1v) is 5.98. The monoisotopic (exact) mass is 262 g/mol. The van der Waals surface area contributed by atoms with Crippen molar-refractivity contribution in [2.75, 3.05) is 6.61 Å². The molecule has 3 nitrogen and oxygen atoms in total.